The van der Waals surface area contributed by atoms with Crippen LogP contribution in [0.2, 0.25) is 0 Å². The average molecular weight is 255 g/mol. The maximum Gasteiger partial charge on any atom is 0.295 e. The molecular weight excluding hydrogens is 238 g/mol. The van der Waals surface area contributed by atoms with Gasteiger partial charge < -0.3 is 14.8 Å². The molecule has 0 aromatic heterocycles. The molecule has 0 unspecified atom stereocenters. The van der Waals surface area contributed by atoms with E-state index in [0.29, 0.717) is 30.0 Å². The van der Waals surface area contributed by atoms with Crippen molar-refractivity contribution in [3.05, 3.63) is 27.8 Å². The molecule has 0 amide bonds. The van der Waals surface area contributed by atoms with Crippen LogP contribution < -0.4 is 15.8 Å². The molecule has 0 saturated carbocycles. The van der Waals surface area contributed by atoms with Gasteiger partial charge >= 0.3 is 0 Å². The molecule has 100 valence electrons. The number of methoxy groups -OCH3 is 1. The van der Waals surface area contributed by atoms with Gasteiger partial charge in [0.15, 0.2) is 0 Å². The van der Waals surface area contributed by atoms with Gasteiger partial charge in [-0.1, -0.05) is 0 Å². The number of hydrogen-bond acceptors (Lipinski definition) is 6. The lowest BCUT2D eigenvalue weighted by atomic mass is 10.1. The topological polar surface area (TPSA) is 99.7 Å². The first-order valence-corrected chi connectivity index (χ1v) is 5.44. The molecule has 0 bridgehead atoms. The molecule has 1 aromatic rings. The Labute approximate surface area is 105 Å². The van der Waals surface area contributed by atoms with E-state index in [0.717, 1.165) is 0 Å². The van der Waals surface area contributed by atoms with E-state index in [4.69, 9.17) is 15.2 Å². The van der Waals surface area contributed by atoms with Gasteiger partial charge in [0.05, 0.1) is 11.5 Å². The first-order valence-electron chi connectivity index (χ1n) is 5.44. The van der Waals surface area contributed by atoms with Crippen molar-refractivity contribution >= 4 is 11.4 Å². The Hall–Kier alpha value is -1.86. The van der Waals surface area contributed by atoms with Gasteiger partial charge in [-0.05, 0) is 6.07 Å². The maximum absolute atomic E-state index is 11.1. The van der Waals surface area contributed by atoms with E-state index < -0.39 is 4.92 Å². The van der Waals surface area contributed by atoms with Gasteiger partial charge in [0, 0.05) is 32.2 Å². The summed E-state index contributed by atoms with van der Waals surface area (Å²) in [6, 6.07) is 3.17. The maximum atomic E-state index is 11.1. The van der Waals surface area contributed by atoms with Crippen molar-refractivity contribution in [1.82, 2.24) is 0 Å². The third-order valence-electron chi connectivity index (χ3n) is 2.44. The van der Waals surface area contributed by atoms with Crippen LogP contribution in [-0.2, 0) is 11.2 Å². The fourth-order valence-corrected chi connectivity index (χ4v) is 1.65. The minimum Gasteiger partial charge on any atom is -0.479 e. The van der Waals surface area contributed by atoms with E-state index in [9.17, 15) is 10.1 Å². The zero-order chi connectivity index (χ0) is 13.5. The molecule has 0 saturated heterocycles. The van der Waals surface area contributed by atoms with Crippen molar-refractivity contribution in [3.63, 3.8) is 0 Å². The van der Waals surface area contributed by atoms with Crippen molar-refractivity contribution < 1.29 is 14.4 Å². The smallest absolute Gasteiger partial charge is 0.295 e. The van der Waals surface area contributed by atoms with Crippen LogP contribution in [0.4, 0.5) is 11.4 Å². The number of hydrogen-bond donors (Lipinski definition) is 2. The van der Waals surface area contributed by atoms with Gasteiger partial charge in [-0.25, -0.2) is 0 Å². The van der Waals surface area contributed by atoms with Crippen molar-refractivity contribution in [1.29, 1.82) is 0 Å². The first-order chi connectivity index (χ1) is 8.63. The van der Waals surface area contributed by atoms with Crippen LogP contribution in [0.5, 0.6) is 5.75 Å². The molecule has 0 spiro atoms. The summed E-state index contributed by atoms with van der Waals surface area (Å²) in [5, 5.41) is 13.9. The third kappa shape index (κ3) is 3.31. The fourth-order valence-electron chi connectivity index (χ4n) is 1.65. The summed E-state index contributed by atoms with van der Waals surface area (Å²) in [5.74, 6) is 0.499. The predicted molar refractivity (Wildman–Crippen MR) is 67.9 cm³/mol. The number of nitro benzene ring substituents is 1. The second-order valence-electron chi connectivity index (χ2n) is 3.54. The summed E-state index contributed by atoms with van der Waals surface area (Å²) in [5.41, 5.74) is 6.29. The highest BCUT2D eigenvalue weighted by molar-refractivity contribution is 5.68. The Bertz CT molecular complexity index is 423. The minimum absolute atomic E-state index is 0.0185. The van der Waals surface area contributed by atoms with Crippen molar-refractivity contribution in [2.24, 2.45) is 5.73 Å². The van der Waals surface area contributed by atoms with Crippen molar-refractivity contribution in [3.8, 4) is 5.75 Å². The minimum atomic E-state index is -0.414. The molecule has 3 N–H and O–H groups in total. The highest BCUT2D eigenvalue weighted by Crippen LogP contribution is 2.33. The zero-order valence-electron chi connectivity index (χ0n) is 10.4. The van der Waals surface area contributed by atoms with E-state index in [2.05, 4.69) is 5.32 Å². The standard InChI is InChI=1S/C11H17N3O4/c1-13-10-6-9(18-7-12)5-8(3-4-17-2)11(10)14(15)16/h5-6,13H,3-4,7,12H2,1-2H3. The number of nitrogens with two attached hydrogens (primary N) is 1. The number of anilines is 1. The van der Waals surface area contributed by atoms with Crippen LogP contribution in [-0.4, -0.2) is 32.4 Å². The molecule has 1 rings (SSSR count). The summed E-state index contributed by atoms with van der Waals surface area (Å²) in [7, 11) is 3.17. The predicted octanol–water partition coefficient (Wildman–Crippen LogP) is 1.12. The third-order valence-corrected chi connectivity index (χ3v) is 2.44. The van der Waals surface area contributed by atoms with Gasteiger partial charge in [0.25, 0.3) is 5.69 Å². The summed E-state index contributed by atoms with van der Waals surface area (Å²) >= 11 is 0. The van der Waals surface area contributed by atoms with Crippen LogP contribution in [0.25, 0.3) is 0 Å². The van der Waals surface area contributed by atoms with Crippen LogP contribution in [0.1, 0.15) is 5.56 Å². The van der Waals surface area contributed by atoms with Gasteiger partial charge in [-0.2, -0.15) is 0 Å². The highest BCUT2D eigenvalue weighted by Gasteiger charge is 2.20. The summed E-state index contributed by atoms with van der Waals surface area (Å²) in [6.45, 7) is 0.417. The Morgan fingerprint density at radius 3 is 2.72 bits per heavy atom. The summed E-state index contributed by atoms with van der Waals surface area (Å²) in [6.07, 6.45) is 0.434. The molecule has 0 aliphatic heterocycles. The second-order valence-corrected chi connectivity index (χ2v) is 3.54. The largest absolute Gasteiger partial charge is 0.479 e. The Morgan fingerprint density at radius 1 is 1.50 bits per heavy atom. The van der Waals surface area contributed by atoms with E-state index in [1.807, 2.05) is 0 Å². The number of ether oxygens (including phenoxy) is 2. The molecule has 0 aliphatic rings. The van der Waals surface area contributed by atoms with E-state index in [-0.39, 0.29) is 12.4 Å². The number of nitro groups is 1. The molecule has 7 heteroatoms. The molecule has 0 atom stereocenters. The lowest BCUT2D eigenvalue weighted by Crippen LogP contribution is -2.09. The average Bonchev–Trinajstić information content (AvgIpc) is 2.35. The molecule has 18 heavy (non-hydrogen) atoms. The molecule has 7 nitrogen and oxygen atoms in total. The monoisotopic (exact) mass is 255 g/mol. The molecule has 0 heterocycles. The van der Waals surface area contributed by atoms with Crippen LogP contribution in [0, 0.1) is 10.1 Å². The summed E-state index contributed by atoms with van der Waals surface area (Å²) < 4.78 is 10.1. The number of rotatable bonds is 7. The highest BCUT2D eigenvalue weighted by atomic mass is 16.6. The molecule has 0 fully saturated rings. The van der Waals surface area contributed by atoms with Gasteiger partial charge in [-0.3, -0.25) is 15.8 Å². The van der Waals surface area contributed by atoms with Crippen LogP contribution in [0.3, 0.4) is 0 Å². The fraction of sp³-hybridized carbons (Fsp3) is 0.455. The first kappa shape index (κ1) is 14.2. The second kappa shape index (κ2) is 6.77. The molecular formula is C11H17N3O4. The van der Waals surface area contributed by atoms with Crippen molar-refractivity contribution in [2.45, 2.75) is 6.42 Å². The lowest BCUT2D eigenvalue weighted by Gasteiger charge is -2.11. The zero-order valence-corrected chi connectivity index (χ0v) is 10.4. The van der Waals surface area contributed by atoms with Crippen molar-refractivity contribution in [2.75, 3.05) is 32.8 Å². The number of nitrogens with zero attached hydrogens (tertiary/aromatic N) is 1. The van der Waals surface area contributed by atoms with Gasteiger partial charge in [0.1, 0.15) is 18.2 Å². The lowest BCUT2D eigenvalue weighted by molar-refractivity contribution is -0.384. The van der Waals surface area contributed by atoms with E-state index in [1.165, 1.54) is 0 Å². The Balaban J connectivity index is 3.22. The summed E-state index contributed by atoms with van der Waals surface area (Å²) in [4.78, 5) is 10.7. The normalized spacial score (nSPS) is 10.2. The van der Waals surface area contributed by atoms with E-state index >= 15 is 0 Å². The van der Waals surface area contributed by atoms with Gasteiger partial charge in [-0.15, -0.1) is 0 Å². The van der Waals surface area contributed by atoms with Crippen LogP contribution in [0.15, 0.2) is 12.1 Å². The molecule has 1 aromatic carbocycles. The van der Waals surface area contributed by atoms with Crippen LogP contribution >= 0.6 is 0 Å². The van der Waals surface area contributed by atoms with E-state index in [1.54, 1.807) is 26.3 Å². The SMILES string of the molecule is CNc1cc(OCN)cc(CCOC)c1[N+](=O)[O-]. The Morgan fingerprint density at radius 2 is 2.22 bits per heavy atom. The molecule has 0 radical (unpaired) electrons. The van der Waals surface area contributed by atoms with Gasteiger partial charge in [0.2, 0.25) is 0 Å². The number of nitrogens with one attached hydrogen (secondary N) is 1. The molecule has 0 aliphatic carbocycles. The quantitative estimate of drug-likeness (QED) is 0.430. The Kier molecular flexibility index (Phi) is 5.34. The number of benzene rings is 1.